The molecule has 114 valence electrons. The molecule has 0 aliphatic carbocycles. The fourth-order valence-electron chi connectivity index (χ4n) is 2.58. The van der Waals surface area contributed by atoms with Crippen LogP contribution in [0.2, 0.25) is 5.02 Å². The number of aromatic nitrogens is 1. The van der Waals surface area contributed by atoms with Gasteiger partial charge in [0.2, 0.25) is 0 Å². The van der Waals surface area contributed by atoms with Crippen LogP contribution < -0.4 is 5.32 Å². The Labute approximate surface area is 140 Å². The highest BCUT2D eigenvalue weighted by molar-refractivity contribution is 7.13. The fourth-order valence-corrected chi connectivity index (χ4v) is 3.57. The molecule has 0 bridgehead atoms. The van der Waals surface area contributed by atoms with Crippen molar-refractivity contribution < 1.29 is 0 Å². The van der Waals surface area contributed by atoms with Crippen molar-refractivity contribution in [2.75, 3.05) is 13.6 Å². The lowest BCUT2D eigenvalue weighted by molar-refractivity contribution is 0.677. The molecule has 2 aromatic carbocycles. The summed E-state index contributed by atoms with van der Waals surface area (Å²) < 4.78 is 5.89. The third kappa shape index (κ3) is 3.49. The predicted molar refractivity (Wildman–Crippen MR) is 96.9 cm³/mol. The van der Waals surface area contributed by atoms with E-state index >= 15 is 0 Å². The summed E-state index contributed by atoms with van der Waals surface area (Å²) in [7, 11) is 2.00. The minimum atomic E-state index is 0.757. The highest BCUT2D eigenvalue weighted by atomic mass is 35.5. The molecule has 0 atom stereocenters. The van der Waals surface area contributed by atoms with E-state index in [1.807, 2.05) is 31.3 Å². The second-order valence-corrected chi connectivity index (χ2v) is 6.67. The number of fused-ring (bicyclic) bond motifs is 1. The summed E-state index contributed by atoms with van der Waals surface area (Å²) >= 11 is 7.54. The molecular formula is C18H19ClN2S. The third-order valence-electron chi connectivity index (χ3n) is 3.80. The van der Waals surface area contributed by atoms with E-state index in [2.05, 4.69) is 27.9 Å². The highest BCUT2D eigenvalue weighted by Gasteiger charge is 2.09. The maximum Gasteiger partial charge on any atom is 0.0919 e. The summed E-state index contributed by atoms with van der Waals surface area (Å²) in [5.74, 6) is 0. The molecule has 3 aromatic rings. The number of nitrogens with zero attached hydrogens (tertiary/aromatic N) is 1. The molecule has 0 spiro atoms. The Hall–Kier alpha value is -1.42. The van der Waals surface area contributed by atoms with Crippen LogP contribution in [0.3, 0.4) is 0 Å². The molecule has 0 aliphatic rings. The van der Waals surface area contributed by atoms with Crippen LogP contribution in [0.1, 0.15) is 18.4 Å². The van der Waals surface area contributed by atoms with E-state index in [0.717, 1.165) is 29.2 Å². The molecule has 0 fully saturated rings. The van der Waals surface area contributed by atoms with Crippen LogP contribution in [-0.4, -0.2) is 18.0 Å². The van der Waals surface area contributed by atoms with E-state index in [1.54, 1.807) is 11.5 Å². The van der Waals surface area contributed by atoms with Crippen LogP contribution in [0.4, 0.5) is 0 Å². The number of unbranched alkanes of at least 4 members (excludes halogenated alkanes) is 1. The third-order valence-corrected chi connectivity index (χ3v) is 4.86. The topological polar surface area (TPSA) is 24.9 Å². The zero-order valence-electron chi connectivity index (χ0n) is 12.6. The molecule has 22 heavy (non-hydrogen) atoms. The lowest BCUT2D eigenvalue weighted by atomic mass is 10.0. The van der Waals surface area contributed by atoms with Crippen molar-refractivity contribution in [1.82, 2.24) is 9.69 Å². The van der Waals surface area contributed by atoms with Crippen molar-refractivity contribution in [3.63, 3.8) is 0 Å². The van der Waals surface area contributed by atoms with Crippen molar-refractivity contribution >= 4 is 33.2 Å². The van der Waals surface area contributed by atoms with Gasteiger partial charge >= 0.3 is 0 Å². The molecule has 0 amide bonds. The first-order chi connectivity index (χ1) is 10.8. The standard InChI is InChI=1S/C18H19ClN2S/c1-20-11-3-2-4-13-5-10-16-17(12-13)22-21-18(16)14-6-8-15(19)9-7-14/h5-10,12,20H,2-4,11H2,1H3. The van der Waals surface area contributed by atoms with Gasteiger partial charge in [0.25, 0.3) is 0 Å². The van der Waals surface area contributed by atoms with Gasteiger partial charge in [-0.1, -0.05) is 35.9 Å². The second kappa shape index (κ2) is 7.23. The number of rotatable bonds is 6. The molecule has 0 saturated carbocycles. The van der Waals surface area contributed by atoms with Gasteiger partial charge < -0.3 is 5.32 Å². The van der Waals surface area contributed by atoms with Crippen LogP contribution in [0.15, 0.2) is 42.5 Å². The van der Waals surface area contributed by atoms with E-state index in [4.69, 9.17) is 11.6 Å². The molecular weight excluding hydrogens is 312 g/mol. The second-order valence-electron chi connectivity index (χ2n) is 5.43. The molecule has 0 radical (unpaired) electrons. The van der Waals surface area contributed by atoms with Gasteiger partial charge in [-0.2, -0.15) is 4.37 Å². The molecule has 0 unspecified atom stereocenters. The van der Waals surface area contributed by atoms with Crippen molar-refractivity contribution in [3.8, 4) is 11.3 Å². The number of nitrogens with one attached hydrogen (secondary N) is 1. The largest absolute Gasteiger partial charge is 0.320 e. The van der Waals surface area contributed by atoms with E-state index in [0.29, 0.717) is 0 Å². The van der Waals surface area contributed by atoms with Gasteiger partial charge in [-0.15, -0.1) is 0 Å². The zero-order chi connectivity index (χ0) is 15.4. The smallest absolute Gasteiger partial charge is 0.0919 e. The Morgan fingerprint density at radius 1 is 1.09 bits per heavy atom. The van der Waals surface area contributed by atoms with E-state index < -0.39 is 0 Å². The molecule has 4 heteroatoms. The summed E-state index contributed by atoms with van der Waals surface area (Å²) in [4.78, 5) is 0. The van der Waals surface area contributed by atoms with Crippen LogP contribution >= 0.6 is 23.1 Å². The van der Waals surface area contributed by atoms with Crippen LogP contribution in [0.5, 0.6) is 0 Å². The van der Waals surface area contributed by atoms with E-state index in [-0.39, 0.29) is 0 Å². The summed E-state index contributed by atoms with van der Waals surface area (Å²) in [6.07, 6.45) is 3.56. The summed E-state index contributed by atoms with van der Waals surface area (Å²) in [6, 6.07) is 14.6. The Kier molecular flexibility index (Phi) is 5.08. The molecule has 1 N–H and O–H groups in total. The van der Waals surface area contributed by atoms with Gasteiger partial charge in [0.1, 0.15) is 0 Å². The molecule has 0 saturated heterocycles. The lowest BCUT2D eigenvalue weighted by Gasteiger charge is -2.03. The quantitative estimate of drug-likeness (QED) is 0.631. The van der Waals surface area contributed by atoms with Gasteiger partial charge in [-0.05, 0) is 68.1 Å². The lowest BCUT2D eigenvalue weighted by Crippen LogP contribution is -2.07. The van der Waals surface area contributed by atoms with Gasteiger partial charge in [0.05, 0.1) is 10.4 Å². The average molecular weight is 331 g/mol. The van der Waals surface area contributed by atoms with Gasteiger partial charge in [0.15, 0.2) is 0 Å². The van der Waals surface area contributed by atoms with Crippen molar-refractivity contribution in [2.45, 2.75) is 19.3 Å². The maximum atomic E-state index is 5.96. The van der Waals surface area contributed by atoms with Gasteiger partial charge in [-0.3, -0.25) is 0 Å². The van der Waals surface area contributed by atoms with E-state index in [1.165, 1.54) is 28.5 Å². The zero-order valence-corrected chi connectivity index (χ0v) is 14.2. The minimum absolute atomic E-state index is 0.757. The maximum absolute atomic E-state index is 5.96. The molecule has 2 nitrogen and oxygen atoms in total. The number of aryl methyl sites for hydroxylation is 1. The summed E-state index contributed by atoms with van der Waals surface area (Å²) in [5.41, 5.74) is 3.57. The van der Waals surface area contributed by atoms with Gasteiger partial charge in [-0.25, -0.2) is 0 Å². The number of benzene rings is 2. The minimum Gasteiger partial charge on any atom is -0.320 e. The Balaban J connectivity index is 1.81. The van der Waals surface area contributed by atoms with E-state index in [9.17, 15) is 0 Å². The van der Waals surface area contributed by atoms with Crippen LogP contribution in [0.25, 0.3) is 21.3 Å². The first-order valence-corrected chi connectivity index (χ1v) is 8.72. The summed E-state index contributed by atoms with van der Waals surface area (Å²) in [6.45, 7) is 1.09. The van der Waals surface area contributed by atoms with Gasteiger partial charge in [0, 0.05) is 16.0 Å². The molecule has 0 aliphatic heterocycles. The first kappa shape index (κ1) is 15.5. The Morgan fingerprint density at radius 2 is 1.91 bits per heavy atom. The van der Waals surface area contributed by atoms with Crippen LogP contribution in [0, 0.1) is 0 Å². The summed E-state index contributed by atoms with van der Waals surface area (Å²) in [5, 5.41) is 5.18. The predicted octanol–water partition coefficient (Wildman–Crippen LogP) is 5.16. The fraction of sp³-hybridized carbons (Fsp3) is 0.278. The number of hydrogen-bond donors (Lipinski definition) is 1. The normalized spacial score (nSPS) is 11.2. The molecule has 1 aromatic heterocycles. The van der Waals surface area contributed by atoms with Crippen molar-refractivity contribution in [3.05, 3.63) is 53.1 Å². The number of hydrogen-bond acceptors (Lipinski definition) is 3. The molecule has 1 heterocycles. The SMILES string of the molecule is CNCCCCc1ccc2c(-c3ccc(Cl)cc3)nsc2c1. The highest BCUT2D eigenvalue weighted by Crippen LogP contribution is 2.32. The monoisotopic (exact) mass is 330 g/mol. The van der Waals surface area contributed by atoms with Crippen LogP contribution in [-0.2, 0) is 6.42 Å². The van der Waals surface area contributed by atoms with Crippen molar-refractivity contribution in [2.24, 2.45) is 0 Å². The Morgan fingerprint density at radius 3 is 2.68 bits per heavy atom. The number of halogens is 1. The average Bonchev–Trinajstić information content (AvgIpc) is 2.95. The Bertz CT molecular complexity index is 749. The molecule has 3 rings (SSSR count). The van der Waals surface area contributed by atoms with Crippen molar-refractivity contribution in [1.29, 1.82) is 0 Å². The first-order valence-electron chi connectivity index (χ1n) is 7.57.